The van der Waals surface area contributed by atoms with Crippen molar-refractivity contribution in [3.8, 4) is 0 Å². The Morgan fingerprint density at radius 3 is 2.71 bits per heavy atom. The molecule has 1 aromatic carbocycles. The lowest BCUT2D eigenvalue weighted by atomic mass is 10.2. The quantitative estimate of drug-likeness (QED) is 0.840. The van der Waals surface area contributed by atoms with Gasteiger partial charge in [-0.25, -0.2) is 4.98 Å². The van der Waals surface area contributed by atoms with Gasteiger partial charge in [0.25, 0.3) is 0 Å². The zero-order valence-electron chi connectivity index (χ0n) is 12.9. The molecule has 0 saturated heterocycles. The summed E-state index contributed by atoms with van der Waals surface area (Å²) in [4.78, 5) is 8.93. The molecule has 0 aliphatic carbocycles. The number of anilines is 3. The summed E-state index contributed by atoms with van der Waals surface area (Å²) in [5.41, 5.74) is 2.87. The third kappa shape index (κ3) is 4.08. The van der Waals surface area contributed by atoms with Crippen LogP contribution < -0.4 is 10.6 Å². The van der Waals surface area contributed by atoms with Crippen molar-refractivity contribution in [1.29, 1.82) is 0 Å². The molecule has 4 nitrogen and oxygen atoms in total. The molecule has 1 heterocycles. The van der Waals surface area contributed by atoms with Crippen LogP contribution in [0.15, 0.2) is 24.3 Å². The van der Waals surface area contributed by atoms with Gasteiger partial charge in [-0.05, 0) is 44.9 Å². The molecule has 0 fully saturated rings. The summed E-state index contributed by atoms with van der Waals surface area (Å²) in [5.74, 6) is 1.41. The van der Waals surface area contributed by atoms with E-state index in [1.54, 1.807) is 0 Å². The summed E-state index contributed by atoms with van der Waals surface area (Å²) in [6, 6.07) is 8.04. The summed E-state index contributed by atoms with van der Waals surface area (Å²) >= 11 is 6.15. The number of aromatic nitrogens is 2. The van der Waals surface area contributed by atoms with Gasteiger partial charge in [0.05, 0.1) is 0 Å². The molecule has 1 atom stereocenters. The smallest absolute Gasteiger partial charge is 0.225 e. The highest BCUT2D eigenvalue weighted by atomic mass is 35.5. The summed E-state index contributed by atoms with van der Waals surface area (Å²) in [7, 11) is 0. The minimum absolute atomic E-state index is 0.340. The second-order valence-electron chi connectivity index (χ2n) is 5.21. The van der Waals surface area contributed by atoms with Gasteiger partial charge in [-0.2, -0.15) is 4.98 Å². The first-order valence-electron chi connectivity index (χ1n) is 7.14. The second-order valence-corrected chi connectivity index (χ2v) is 5.62. The number of nitrogens with zero attached hydrogens (tertiary/aromatic N) is 2. The van der Waals surface area contributed by atoms with Crippen LogP contribution in [-0.4, -0.2) is 16.0 Å². The molecule has 0 aliphatic heterocycles. The summed E-state index contributed by atoms with van der Waals surface area (Å²) in [6.45, 7) is 8.18. The van der Waals surface area contributed by atoms with Gasteiger partial charge in [-0.1, -0.05) is 24.6 Å². The normalized spacial score (nSPS) is 12.0. The fraction of sp³-hybridized carbons (Fsp3) is 0.375. The standard InChI is InChI=1S/C16H21ClN4/c1-5-10(2)18-16-19-11(3)9-15(21-16)20-14-8-6-7-13(17)12(14)4/h6-10H,5H2,1-4H3,(H2,18,19,20,21). The zero-order valence-corrected chi connectivity index (χ0v) is 13.6. The number of rotatable bonds is 5. The van der Waals surface area contributed by atoms with Crippen LogP contribution in [0, 0.1) is 13.8 Å². The van der Waals surface area contributed by atoms with Crippen molar-refractivity contribution in [1.82, 2.24) is 9.97 Å². The largest absolute Gasteiger partial charge is 0.352 e. The number of aryl methyl sites for hydroxylation is 1. The number of halogens is 1. The highest BCUT2D eigenvalue weighted by Gasteiger charge is 2.07. The molecule has 112 valence electrons. The van der Waals surface area contributed by atoms with Crippen LogP contribution in [0.3, 0.4) is 0 Å². The molecule has 5 heteroatoms. The molecular weight excluding hydrogens is 284 g/mol. The van der Waals surface area contributed by atoms with Crippen molar-refractivity contribution in [2.24, 2.45) is 0 Å². The molecule has 2 rings (SSSR count). The Morgan fingerprint density at radius 2 is 2.00 bits per heavy atom. The molecular formula is C16H21ClN4. The molecule has 1 aromatic heterocycles. The molecule has 0 radical (unpaired) electrons. The number of benzene rings is 1. The Hall–Kier alpha value is -1.81. The Labute approximate surface area is 131 Å². The summed E-state index contributed by atoms with van der Waals surface area (Å²) in [5, 5.41) is 7.35. The van der Waals surface area contributed by atoms with Crippen molar-refractivity contribution >= 4 is 29.1 Å². The van der Waals surface area contributed by atoms with Crippen molar-refractivity contribution < 1.29 is 0 Å². The molecule has 1 unspecified atom stereocenters. The first-order valence-corrected chi connectivity index (χ1v) is 7.51. The van der Waals surface area contributed by atoms with Crippen molar-refractivity contribution in [2.75, 3.05) is 10.6 Å². The van der Waals surface area contributed by atoms with E-state index in [0.717, 1.165) is 34.2 Å². The van der Waals surface area contributed by atoms with Crippen molar-refractivity contribution in [3.05, 3.63) is 40.5 Å². The van der Waals surface area contributed by atoms with Crippen LogP contribution in [0.1, 0.15) is 31.5 Å². The van der Waals surface area contributed by atoms with Gasteiger partial charge in [-0.15, -0.1) is 0 Å². The van der Waals surface area contributed by atoms with Gasteiger partial charge in [-0.3, -0.25) is 0 Å². The molecule has 0 amide bonds. The van der Waals surface area contributed by atoms with Crippen molar-refractivity contribution in [3.63, 3.8) is 0 Å². The van der Waals surface area contributed by atoms with E-state index >= 15 is 0 Å². The number of hydrogen-bond donors (Lipinski definition) is 2. The van der Waals surface area contributed by atoms with Crippen LogP contribution in [0.4, 0.5) is 17.5 Å². The van der Waals surface area contributed by atoms with Crippen LogP contribution >= 0.6 is 11.6 Å². The average Bonchev–Trinajstić information content (AvgIpc) is 2.43. The Kier molecular flexibility index (Phi) is 5.02. The van der Waals surface area contributed by atoms with Crippen LogP contribution in [0.2, 0.25) is 5.02 Å². The monoisotopic (exact) mass is 304 g/mol. The van der Waals surface area contributed by atoms with Gasteiger partial charge in [0.15, 0.2) is 0 Å². The fourth-order valence-electron chi connectivity index (χ4n) is 1.90. The van der Waals surface area contributed by atoms with E-state index in [0.29, 0.717) is 12.0 Å². The van der Waals surface area contributed by atoms with E-state index in [1.165, 1.54) is 0 Å². The van der Waals surface area contributed by atoms with Crippen LogP contribution in [-0.2, 0) is 0 Å². The van der Waals surface area contributed by atoms with Gasteiger partial charge < -0.3 is 10.6 Å². The molecule has 2 aromatic rings. The summed E-state index contributed by atoms with van der Waals surface area (Å²) < 4.78 is 0. The van der Waals surface area contributed by atoms with Gasteiger partial charge >= 0.3 is 0 Å². The minimum Gasteiger partial charge on any atom is -0.352 e. The lowest BCUT2D eigenvalue weighted by Crippen LogP contribution is -2.16. The molecule has 0 aliphatic rings. The lowest BCUT2D eigenvalue weighted by Gasteiger charge is -2.14. The topological polar surface area (TPSA) is 49.8 Å². The van der Waals surface area contributed by atoms with Gasteiger partial charge in [0.2, 0.25) is 5.95 Å². The molecule has 21 heavy (non-hydrogen) atoms. The first-order chi connectivity index (χ1) is 9.99. The van der Waals surface area contributed by atoms with Gasteiger partial charge in [0, 0.05) is 28.5 Å². The van der Waals surface area contributed by atoms with E-state index in [1.807, 2.05) is 38.1 Å². The maximum absolute atomic E-state index is 6.15. The maximum Gasteiger partial charge on any atom is 0.225 e. The third-order valence-corrected chi connectivity index (χ3v) is 3.78. The maximum atomic E-state index is 6.15. The fourth-order valence-corrected chi connectivity index (χ4v) is 2.07. The van der Waals surface area contributed by atoms with Crippen LogP contribution in [0.5, 0.6) is 0 Å². The van der Waals surface area contributed by atoms with Crippen molar-refractivity contribution in [2.45, 2.75) is 40.2 Å². The van der Waals surface area contributed by atoms with Crippen LogP contribution in [0.25, 0.3) is 0 Å². The third-order valence-electron chi connectivity index (χ3n) is 3.37. The van der Waals surface area contributed by atoms with Gasteiger partial charge in [0.1, 0.15) is 5.82 Å². The zero-order chi connectivity index (χ0) is 15.4. The van der Waals surface area contributed by atoms with E-state index in [-0.39, 0.29) is 0 Å². The predicted octanol–water partition coefficient (Wildman–Crippen LogP) is 4.70. The Balaban J connectivity index is 2.25. The van der Waals surface area contributed by atoms with E-state index in [2.05, 4.69) is 34.4 Å². The molecule has 0 bridgehead atoms. The molecule has 2 N–H and O–H groups in total. The number of hydrogen-bond acceptors (Lipinski definition) is 4. The predicted molar refractivity (Wildman–Crippen MR) is 89.6 cm³/mol. The number of nitrogens with one attached hydrogen (secondary N) is 2. The van der Waals surface area contributed by atoms with E-state index in [9.17, 15) is 0 Å². The molecule has 0 saturated carbocycles. The molecule has 0 spiro atoms. The second kappa shape index (κ2) is 6.76. The lowest BCUT2D eigenvalue weighted by molar-refractivity contribution is 0.752. The summed E-state index contributed by atoms with van der Waals surface area (Å²) in [6.07, 6.45) is 1.02. The average molecular weight is 305 g/mol. The highest BCUT2D eigenvalue weighted by molar-refractivity contribution is 6.31. The Bertz CT molecular complexity index is 628. The highest BCUT2D eigenvalue weighted by Crippen LogP contribution is 2.26. The SMILES string of the molecule is CCC(C)Nc1nc(C)cc(Nc2cccc(Cl)c2C)n1. The first kappa shape index (κ1) is 15.6. The Morgan fingerprint density at radius 1 is 1.24 bits per heavy atom. The van der Waals surface area contributed by atoms with E-state index in [4.69, 9.17) is 11.6 Å². The minimum atomic E-state index is 0.340. The van der Waals surface area contributed by atoms with E-state index < -0.39 is 0 Å².